The lowest BCUT2D eigenvalue weighted by molar-refractivity contribution is -0.144. The summed E-state index contributed by atoms with van der Waals surface area (Å²) in [4.78, 5) is 27.0. The minimum atomic E-state index is -0.474. The van der Waals surface area contributed by atoms with Crippen molar-refractivity contribution in [3.05, 3.63) is 24.0 Å². The molecule has 2 amide bonds. The Labute approximate surface area is 131 Å². The SMILES string of the molecule is CCCN1C(=O)Cn2cccc2C1C(=O)NC1CCCCC1. The molecule has 1 aromatic rings. The third kappa shape index (κ3) is 2.89. The molecule has 1 atom stereocenters. The molecule has 22 heavy (non-hydrogen) atoms. The standard InChI is InChI=1S/C17H25N3O2/c1-2-10-20-15(21)12-19-11-6-9-14(19)16(20)17(22)18-13-7-4-3-5-8-13/h6,9,11,13,16H,2-5,7-8,10,12H2,1H3,(H,18,22). The Morgan fingerprint density at radius 1 is 1.32 bits per heavy atom. The molecule has 2 heterocycles. The summed E-state index contributed by atoms with van der Waals surface area (Å²) in [5.74, 6) is 0.0164. The maximum absolute atomic E-state index is 12.8. The van der Waals surface area contributed by atoms with Gasteiger partial charge in [-0.1, -0.05) is 26.2 Å². The van der Waals surface area contributed by atoms with Crippen LogP contribution >= 0.6 is 0 Å². The number of fused-ring (bicyclic) bond motifs is 1. The van der Waals surface area contributed by atoms with Gasteiger partial charge in [0.15, 0.2) is 6.04 Å². The largest absolute Gasteiger partial charge is 0.351 e. The van der Waals surface area contributed by atoms with Crippen LogP contribution in [0.5, 0.6) is 0 Å². The molecule has 0 saturated heterocycles. The predicted octanol–water partition coefficient (Wildman–Crippen LogP) is 2.23. The van der Waals surface area contributed by atoms with Gasteiger partial charge in [-0.15, -0.1) is 0 Å². The van der Waals surface area contributed by atoms with Crippen LogP contribution in [0.2, 0.25) is 0 Å². The molecule has 0 spiro atoms. The van der Waals surface area contributed by atoms with Crippen molar-refractivity contribution in [3.63, 3.8) is 0 Å². The fourth-order valence-electron chi connectivity index (χ4n) is 3.66. The zero-order chi connectivity index (χ0) is 15.5. The Hall–Kier alpha value is -1.78. The molecule has 120 valence electrons. The van der Waals surface area contributed by atoms with Crippen LogP contribution in [0.4, 0.5) is 0 Å². The van der Waals surface area contributed by atoms with Gasteiger partial charge in [-0.05, 0) is 31.4 Å². The first-order chi connectivity index (χ1) is 10.7. The van der Waals surface area contributed by atoms with Gasteiger partial charge in [0.25, 0.3) is 0 Å². The molecule has 5 heteroatoms. The number of carbonyl (C=O) groups is 2. The molecule has 1 aromatic heterocycles. The number of nitrogens with one attached hydrogen (secondary N) is 1. The molecule has 1 saturated carbocycles. The molecule has 0 radical (unpaired) electrons. The fraction of sp³-hybridized carbons (Fsp3) is 0.647. The van der Waals surface area contributed by atoms with Crippen LogP contribution < -0.4 is 5.32 Å². The first-order valence-electron chi connectivity index (χ1n) is 8.45. The van der Waals surface area contributed by atoms with Crippen LogP contribution in [0.25, 0.3) is 0 Å². The maximum atomic E-state index is 12.8. The number of aromatic nitrogens is 1. The Morgan fingerprint density at radius 3 is 2.82 bits per heavy atom. The zero-order valence-corrected chi connectivity index (χ0v) is 13.3. The van der Waals surface area contributed by atoms with Gasteiger partial charge in [0, 0.05) is 18.8 Å². The van der Waals surface area contributed by atoms with E-state index in [1.54, 1.807) is 4.90 Å². The normalized spacial score (nSPS) is 22.5. The topological polar surface area (TPSA) is 54.3 Å². The van der Waals surface area contributed by atoms with Crippen LogP contribution in [-0.4, -0.2) is 33.9 Å². The second-order valence-corrected chi connectivity index (χ2v) is 6.39. The fourth-order valence-corrected chi connectivity index (χ4v) is 3.66. The van der Waals surface area contributed by atoms with Gasteiger partial charge in [0.05, 0.1) is 5.69 Å². The smallest absolute Gasteiger partial charge is 0.249 e. The molecule has 0 bridgehead atoms. The molecular formula is C17H25N3O2. The van der Waals surface area contributed by atoms with Crippen molar-refractivity contribution in [2.45, 2.75) is 64.1 Å². The van der Waals surface area contributed by atoms with Crippen LogP contribution in [0.3, 0.4) is 0 Å². The summed E-state index contributed by atoms with van der Waals surface area (Å²) in [5.41, 5.74) is 0.932. The zero-order valence-electron chi connectivity index (χ0n) is 13.3. The molecule has 5 nitrogen and oxygen atoms in total. The molecular weight excluding hydrogens is 278 g/mol. The van der Waals surface area contributed by atoms with Crippen molar-refractivity contribution in [1.82, 2.24) is 14.8 Å². The van der Waals surface area contributed by atoms with Crippen molar-refractivity contribution in [3.8, 4) is 0 Å². The van der Waals surface area contributed by atoms with Crippen molar-refractivity contribution >= 4 is 11.8 Å². The van der Waals surface area contributed by atoms with E-state index in [2.05, 4.69) is 5.32 Å². The van der Waals surface area contributed by atoms with Crippen molar-refractivity contribution < 1.29 is 9.59 Å². The maximum Gasteiger partial charge on any atom is 0.249 e. The highest BCUT2D eigenvalue weighted by Crippen LogP contribution is 2.28. The average Bonchev–Trinajstić information content (AvgIpc) is 2.96. The molecule has 1 aliphatic carbocycles. The summed E-state index contributed by atoms with van der Waals surface area (Å²) in [6, 6.07) is 3.67. The third-order valence-corrected chi connectivity index (χ3v) is 4.75. The molecule has 2 aliphatic rings. The average molecular weight is 303 g/mol. The number of hydrogen-bond donors (Lipinski definition) is 1. The highest BCUT2D eigenvalue weighted by molar-refractivity contribution is 5.90. The van der Waals surface area contributed by atoms with E-state index >= 15 is 0 Å². The van der Waals surface area contributed by atoms with E-state index in [-0.39, 0.29) is 17.9 Å². The van der Waals surface area contributed by atoms with E-state index in [4.69, 9.17) is 0 Å². The van der Waals surface area contributed by atoms with Crippen LogP contribution in [0, 0.1) is 0 Å². The highest BCUT2D eigenvalue weighted by atomic mass is 16.2. The molecule has 1 aliphatic heterocycles. The van der Waals surface area contributed by atoms with Crippen molar-refractivity contribution in [2.75, 3.05) is 6.54 Å². The number of carbonyl (C=O) groups excluding carboxylic acids is 2. The molecule has 1 unspecified atom stereocenters. The molecule has 1 fully saturated rings. The quantitative estimate of drug-likeness (QED) is 0.927. The number of amides is 2. The van der Waals surface area contributed by atoms with Gasteiger partial charge in [0.2, 0.25) is 11.8 Å². The lowest BCUT2D eigenvalue weighted by Gasteiger charge is -2.37. The summed E-state index contributed by atoms with van der Waals surface area (Å²) in [6.07, 6.45) is 8.49. The highest BCUT2D eigenvalue weighted by Gasteiger charge is 2.37. The minimum absolute atomic E-state index is 0.0200. The second-order valence-electron chi connectivity index (χ2n) is 6.39. The summed E-state index contributed by atoms with van der Waals surface area (Å²) < 4.78 is 1.90. The monoisotopic (exact) mass is 303 g/mol. The lowest BCUT2D eigenvalue weighted by Crippen LogP contribution is -2.51. The van der Waals surface area contributed by atoms with Gasteiger partial charge in [-0.25, -0.2) is 0 Å². The molecule has 3 rings (SSSR count). The summed E-state index contributed by atoms with van der Waals surface area (Å²) in [5, 5.41) is 3.18. The first kappa shape index (κ1) is 15.1. The van der Waals surface area contributed by atoms with Gasteiger partial charge in [-0.3, -0.25) is 9.59 Å². The number of hydrogen-bond acceptors (Lipinski definition) is 2. The Balaban J connectivity index is 1.81. The Bertz CT molecular complexity index is 546. The second kappa shape index (κ2) is 6.55. The first-order valence-corrected chi connectivity index (χ1v) is 8.45. The van der Waals surface area contributed by atoms with E-state index in [9.17, 15) is 9.59 Å². The van der Waals surface area contributed by atoms with E-state index < -0.39 is 6.04 Å². The predicted molar refractivity (Wildman–Crippen MR) is 84.2 cm³/mol. The van der Waals surface area contributed by atoms with Crippen LogP contribution in [0.15, 0.2) is 18.3 Å². The molecule has 0 aromatic carbocycles. The number of rotatable bonds is 4. The number of nitrogens with zero attached hydrogens (tertiary/aromatic N) is 2. The molecule has 1 N–H and O–H groups in total. The van der Waals surface area contributed by atoms with E-state index in [0.717, 1.165) is 25.0 Å². The van der Waals surface area contributed by atoms with Crippen LogP contribution in [0.1, 0.15) is 57.2 Å². The summed E-state index contributed by atoms with van der Waals surface area (Å²) in [6.45, 7) is 3.01. The Morgan fingerprint density at radius 2 is 2.09 bits per heavy atom. The van der Waals surface area contributed by atoms with Gasteiger partial charge < -0.3 is 14.8 Å². The van der Waals surface area contributed by atoms with E-state index in [0.29, 0.717) is 13.1 Å². The lowest BCUT2D eigenvalue weighted by atomic mass is 9.95. The van der Waals surface area contributed by atoms with E-state index in [1.807, 2.05) is 29.8 Å². The van der Waals surface area contributed by atoms with Crippen molar-refractivity contribution in [2.24, 2.45) is 0 Å². The van der Waals surface area contributed by atoms with Crippen molar-refractivity contribution in [1.29, 1.82) is 0 Å². The third-order valence-electron chi connectivity index (χ3n) is 4.75. The summed E-state index contributed by atoms with van der Waals surface area (Å²) in [7, 11) is 0. The Kier molecular flexibility index (Phi) is 4.50. The minimum Gasteiger partial charge on any atom is -0.351 e. The van der Waals surface area contributed by atoms with Gasteiger partial charge in [-0.2, -0.15) is 0 Å². The van der Waals surface area contributed by atoms with E-state index in [1.165, 1.54) is 19.3 Å². The van der Waals surface area contributed by atoms with Gasteiger partial charge in [0.1, 0.15) is 6.54 Å². The van der Waals surface area contributed by atoms with Gasteiger partial charge >= 0.3 is 0 Å². The van der Waals surface area contributed by atoms with Crippen LogP contribution in [-0.2, 0) is 16.1 Å². The summed E-state index contributed by atoms with van der Waals surface area (Å²) >= 11 is 0.